The predicted molar refractivity (Wildman–Crippen MR) is 153 cm³/mol. The lowest BCUT2D eigenvalue weighted by molar-refractivity contribution is -0.142. The van der Waals surface area contributed by atoms with E-state index in [2.05, 4.69) is 20.9 Å². The number of carbonyl (C=O) groups excluding carboxylic acids is 5. The molecule has 0 bridgehead atoms. The zero-order valence-corrected chi connectivity index (χ0v) is 23.5. The molecule has 224 valence electrons. The van der Waals surface area contributed by atoms with Gasteiger partial charge in [0.2, 0.25) is 29.5 Å². The normalized spacial score (nSPS) is 13.9. The van der Waals surface area contributed by atoms with E-state index in [9.17, 15) is 33.9 Å². The Kier molecular flexibility index (Phi) is 13.1. The zero-order chi connectivity index (χ0) is 30.5. The van der Waals surface area contributed by atoms with Gasteiger partial charge in [0.15, 0.2) is 0 Å². The van der Waals surface area contributed by atoms with Crippen molar-refractivity contribution in [3.63, 3.8) is 0 Å². The molecule has 11 N–H and O–H groups in total. The van der Waals surface area contributed by atoms with Crippen LogP contribution in [0.1, 0.15) is 37.7 Å². The quantitative estimate of drug-likeness (QED) is 0.104. The molecular formula is C26H37N7O7S. The molecule has 0 aliphatic carbocycles. The van der Waals surface area contributed by atoms with E-state index in [1.54, 1.807) is 12.5 Å². The fraction of sp³-hybridized carbons (Fsp3) is 0.462. The summed E-state index contributed by atoms with van der Waals surface area (Å²) in [5, 5.41) is 17.7. The van der Waals surface area contributed by atoms with E-state index in [0.29, 0.717) is 5.75 Å². The molecule has 5 amide bonds. The number of thioether (sulfide) groups is 1. The lowest BCUT2D eigenvalue weighted by Gasteiger charge is -2.25. The van der Waals surface area contributed by atoms with Crippen molar-refractivity contribution in [2.45, 2.75) is 62.7 Å². The van der Waals surface area contributed by atoms with Gasteiger partial charge in [-0.1, -0.05) is 18.2 Å². The average molecular weight is 592 g/mol. The Bertz CT molecular complexity index is 1250. The number of carboxylic acids is 1. The Hall–Kier alpha value is -4.11. The topological polar surface area (TPSA) is 253 Å². The summed E-state index contributed by atoms with van der Waals surface area (Å²) in [6.07, 6.45) is 2.96. The second-order valence-electron chi connectivity index (χ2n) is 9.48. The van der Waals surface area contributed by atoms with Crippen LogP contribution in [0.2, 0.25) is 0 Å². The summed E-state index contributed by atoms with van der Waals surface area (Å²) in [5.74, 6) is -4.58. The third-order valence-electron chi connectivity index (χ3n) is 6.30. The molecule has 4 atom stereocenters. The van der Waals surface area contributed by atoms with E-state index < -0.39 is 59.7 Å². The van der Waals surface area contributed by atoms with Gasteiger partial charge in [-0.05, 0) is 49.3 Å². The van der Waals surface area contributed by atoms with Crippen molar-refractivity contribution in [2.24, 2.45) is 17.2 Å². The summed E-state index contributed by atoms with van der Waals surface area (Å²) in [5.41, 5.74) is 18.2. The molecule has 0 fully saturated rings. The van der Waals surface area contributed by atoms with Crippen LogP contribution >= 0.6 is 11.8 Å². The van der Waals surface area contributed by atoms with Crippen LogP contribution < -0.4 is 33.2 Å². The van der Waals surface area contributed by atoms with Gasteiger partial charge in [-0.25, -0.2) is 4.79 Å². The van der Waals surface area contributed by atoms with Crippen LogP contribution in [0.3, 0.4) is 0 Å². The fourth-order valence-electron chi connectivity index (χ4n) is 4.06. The molecule has 1 aromatic heterocycles. The van der Waals surface area contributed by atoms with E-state index in [4.69, 9.17) is 17.2 Å². The van der Waals surface area contributed by atoms with E-state index >= 15 is 0 Å². The molecule has 2 rings (SSSR count). The summed E-state index contributed by atoms with van der Waals surface area (Å²) in [4.78, 5) is 76.4. The van der Waals surface area contributed by atoms with E-state index in [1.165, 1.54) is 11.8 Å². The summed E-state index contributed by atoms with van der Waals surface area (Å²) in [7, 11) is 0. The Balaban J connectivity index is 2.14. The minimum atomic E-state index is -1.41. The van der Waals surface area contributed by atoms with E-state index in [-0.39, 0.29) is 38.5 Å². The fourth-order valence-corrected chi connectivity index (χ4v) is 4.53. The van der Waals surface area contributed by atoms with Crippen molar-refractivity contribution in [3.05, 3.63) is 36.0 Å². The standard InChI is InChI=1S/C26H37N7O7S/c1-41-11-10-19(25(38)33-20(26(39)40)7-9-22(29)35)32-24(37)18(6-8-21(28)34)31-23(36)16(27)12-14-13-30-17-5-3-2-4-15(14)17/h2-5,13,16,18-20,30H,6-12,27H2,1H3,(H2,28,34)(H2,29,35)(H,31,36)(H,32,37)(H,33,38)(H,39,40). The van der Waals surface area contributed by atoms with Crippen molar-refractivity contribution < 1.29 is 33.9 Å². The van der Waals surface area contributed by atoms with Crippen LogP contribution in [-0.4, -0.2) is 81.8 Å². The highest BCUT2D eigenvalue weighted by Gasteiger charge is 2.30. The summed E-state index contributed by atoms with van der Waals surface area (Å²) < 4.78 is 0. The van der Waals surface area contributed by atoms with E-state index in [0.717, 1.165) is 16.5 Å². The first kappa shape index (κ1) is 33.1. The number of primary amides is 2. The molecule has 0 radical (unpaired) electrons. The summed E-state index contributed by atoms with van der Waals surface area (Å²) in [6.45, 7) is 0. The van der Waals surface area contributed by atoms with Crippen LogP contribution in [0.5, 0.6) is 0 Å². The first-order valence-electron chi connectivity index (χ1n) is 12.9. The number of carboxylic acid groups (broad SMARTS) is 1. The molecule has 14 nitrogen and oxygen atoms in total. The number of para-hydroxylation sites is 1. The second-order valence-corrected chi connectivity index (χ2v) is 10.5. The number of aliphatic carboxylic acids is 1. The Morgan fingerprint density at radius 2 is 1.39 bits per heavy atom. The monoisotopic (exact) mass is 591 g/mol. The smallest absolute Gasteiger partial charge is 0.326 e. The van der Waals surface area contributed by atoms with Gasteiger partial charge in [0.05, 0.1) is 6.04 Å². The Labute approximate surface area is 240 Å². The van der Waals surface area contributed by atoms with Crippen molar-refractivity contribution in [3.8, 4) is 0 Å². The average Bonchev–Trinajstić information content (AvgIpc) is 3.32. The van der Waals surface area contributed by atoms with Crippen molar-refractivity contribution in [1.82, 2.24) is 20.9 Å². The van der Waals surface area contributed by atoms with Gasteiger partial charge < -0.3 is 43.2 Å². The van der Waals surface area contributed by atoms with E-state index in [1.807, 2.05) is 24.3 Å². The minimum Gasteiger partial charge on any atom is -0.480 e. The maximum atomic E-state index is 13.2. The largest absolute Gasteiger partial charge is 0.480 e. The van der Waals surface area contributed by atoms with Gasteiger partial charge >= 0.3 is 5.97 Å². The third-order valence-corrected chi connectivity index (χ3v) is 6.95. The molecule has 1 heterocycles. The molecule has 0 saturated carbocycles. The number of amides is 5. The molecule has 0 saturated heterocycles. The number of nitrogens with one attached hydrogen (secondary N) is 4. The zero-order valence-electron chi connectivity index (χ0n) is 22.7. The van der Waals surface area contributed by atoms with Crippen LogP contribution in [-0.2, 0) is 35.2 Å². The van der Waals surface area contributed by atoms with Gasteiger partial charge in [0, 0.05) is 29.9 Å². The number of hydrogen-bond acceptors (Lipinski definition) is 8. The first-order chi connectivity index (χ1) is 19.4. The molecule has 15 heteroatoms. The Morgan fingerprint density at radius 3 is 1.98 bits per heavy atom. The van der Waals surface area contributed by atoms with Crippen LogP contribution in [0.4, 0.5) is 0 Å². The molecule has 1 aromatic carbocycles. The lowest BCUT2D eigenvalue weighted by Crippen LogP contribution is -2.57. The molecule has 0 aliphatic heterocycles. The summed E-state index contributed by atoms with van der Waals surface area (Å²) in [6, 6.07) is 2.64. The highest BCUT2D eigenvalue weighted by molar-refractivity contribution is 7.98. The highest BCUT2D eigenvalue weighted by atomic mass is 32.2. The SMILES string of the molecule is CSCCC(NC(=O)C(CCC(N)=O)NC(=O)C(N)Cc1c[nH]c2ccccc12)C(=O)NC(CCC(N)=O)C(=O)O. The van der Waals surface area contributed by atoms with Crippen molar-refractivity contribution >= 4 is 58.2 Å². The van der Waals surface area contributed by atoms with Gasteiger partial charge in [0.1, 0.15) is 18.1 Å². The number of nitrogens with two attached hydrogens (primary N) is 3. The number of benzene rings is 1. The number of fused-ring (bicyclic) bond motifs is 1. The number of carbonyl (C=O) groups is 6. The number of H-pyrrole nitrogens is 1. The molecule has 0 aliphatic rings. The van der Waals surface area contributed by atoms with Gasteiger partial charge in [0.25, 0.3) is 0 Å². The molecule has 4 unspecified atom stereocenters. The number of hydrogen-bond donors (Lipinski definition) is 8. The van der Waals surface area contributed by atoms with Gasteiger partial charge in [-0.2, -0.15) is 11.8 Å². The highest BCUT2D eigenvalue weighted by Crippen LogP contribution is 2.19. The third kappa shape index (κ3) is 10.8. The molecular weight excluding hydrogens is 554 g/mol. The molecule has 2 aromatic rings. The van der Waals surface area contributed by atoms with Gasteiger partial charge in [-0.3, -0.25) is 24.0 Å². The van der Waals surface area contributed by atoms with Gasteiger partial charge in [-0.15, -0.1) is 0 Å². The second kappa shape index (κ2) is 16.2. The van der Waals surface area contributed by atoms with Crippen molar-refractivity contribution in [1.29, 1.82) is 0 Å². The lowest BCUT2D eigenvalue weighted by atomic mass is 10.0. The minimum absolute atomic E-state index is 0.136. The number of aromatic nitrogens is 1. The van der Waals surface area contributed by atoms with Crippen LogP contribution in [0.25, 0.3) is 10.9 Å². The summed E-state index contributed by atoms with van der Waals surface area (Å²) >= 11 is 1.39. The number of aromatic amines is 1. The predicted octanol–water partition coefficient (Wildman–Crippen LogP) is -1.14. The van der Waals surface area contributed by atoms with Crippen LogP contribution in [0.15, 0.2) is 30.5 Å². The number of rotatable bonds is 18. The molecule has 0 spiro atoms. The molecule has 41 heavy (non-hydrogen) atoms. The first-order valence-corrected chi connectivity index (χ1v) is 14.3. The maximum Gasteiger partial charge on any atom is 0.326 e. The maximum absolute atomic E-state index is 13.2. The van der Waals surface area contributed by atoms with Crippen LogP contribution in [0, 0.1) is 0 Å². The van der Waals surface area contributed by atoms with Crippen molar-refractivity contribution in [2.75, 3.05) is 12.0 Å². The Morgan fingerprint density at radius 1 is 0.854 bits per heavy atom.